The lowest BCUT2D eigenvalue weighted by molar-refractivity contribution is -0.129. The van der Waals surface area contributed by atoms with Crippen LogP contribution in [-0.4, -0.2) is 107 Å². The largest absolute Gasteiger partial charge is 0.378 e. The number of hydrogen-bond donors (Lipinski definition) is 2. The van der Waals surface area contributed by atoms with Gasteiger partial charge in [-0.1, -0.05) is 25.0 Å². The minimum absolute atomic E-state index is 0.329. The Hall–Kier alpha value is -3.21. The first-order valence-corrected chi connectivity index (χ1v) is 18.1. The van der Waals surface area contributed by atoms with Gasteiger partial charge in [-0.3, -0.25) is 19.6 Å². The number of sulfonamides is 1. The molecule has 4 aromatic rings. The van der Waals surface area contributed by atoms with Crippen molar-refractivity contribution in [2.24, 2.45) is 0 Å². The Morgan fingerprint density at radius 2 is 1.82 bits per heavy atom. The van der Waals surface area contributed by atoms with Gasteiger partial charge in [0.15, 0.2) is 11.6 Å². The smallest absolute Gasteiger partial charge is 0.243 e. The molecule has 0 spiro atoms. The molecule has 45 heavy (non-hydrogen) atoms. The molecule has 13 nitrogen and oxygen atoms in total. The molecule has 15 heteroatoms. The molecule has 0 bridgehead atoms. The highest BCUT2D eigenvalue weighted by atomic mass is 32.2. The maximum absolute atomic E-state index is 12.0. The molecular weight excluding hydrogens is 617 g/mol. The van der Waals surface area contributed by atoms with Crippen molar-refractivity contribution in [1.82, 2.24) is 34.4 Å². The second-order valence-electron chi connectivity index (χ2n) is 11.6. The number of hydroxylamine groups is 1. The van der Waals surface area contributed by atoms with Crippen LogP contribution >= 0.6 is 11.3 Å². The molecule has 0 unspecified atom stereocenters. The summed E-state index contributed by atoms with van der Waals surface area (Å²) in [6.45, 7) is 6.75. The van der Waals surface area contributed by atoms with Crippen LogP contribution in [0.2, 0.25) is 0 Å². The van der Waals surface area contributed by atoms with Crippen molar-refractivity contribution < 1.29 is 23.2 Å². The first-order chi connectivity index (χ1) is 21.8. The van der Waals surface area contributed by atoms with Gasteiger partial charge in [-0.15, -0.1) is 11.3 Å². The lowest BCUT2D eigenvalue weighted by atomic mass is 10.1. The van der Waals surface area contributed by atoms with Crippen LogP contribution in [0.4, 0.5) is 5.82 Å². The summed E-state index contributed by atoms with van der Waals surface area (Å²) in [6.07, 6.45) is 7.06. The number of anilines is 1. The van der Waals surface area contributed by atoms with Crippen molar-refractivity contribution in [3.05, 3.63) is 35.3 Å². The van der Waals surface area contributed by atoms with E-state index in [1.54, 1.807) is 21.1 Å². The number of ether oxygens (including phenoxy) is 1. The molecule has 2 N–H and O–H groups in total. The van der Waals surface area contributed by atoms with Crippen LogP contribution in [0.15, 0.2) is 30.5 Å². The molecule has 0 aliphatic carbocycles. The molecule has 0 saturated carbocycles. The van der Waals surface area contributed by atoms with Gasteiger partial charge in [0.25, 0.3) is 0 Å². The van der Waals surface area contributed by atoms with E-state index in [0.717, 1.165) is 84.4 Å². The maximum Gasteiger partial charge on any atom is 0.243 e. The van der Waals surface area contributed by atoms with Gasteiger partial charge in [-0.2, -0.15) is 9.40 Å². The SMILES string of the molecule is CS(=O)(=O)N1CCN(Cc2cc3nc(-c4cccc5c4cnn5CCCCCCC(=O)NO)nc(N4CCOCC4)c3s2)CC1. The van der Waals surface area contributed by atoms with E-state index in [1.165, 1.54) is 11.1 Å². The van der Waals surface area contributed by atoms with E-state index in [-0.39, 0.29) is 5.91 Å². The number of nitrogens with one attached hydrogen (secondary N) is 1. The van der Waals surface area contributed by atoms with Gasteiger partial charge < -0.3 is 9.64 Å². The summed E-state index contributed by atoms with van der Waals surface area (Å²) in [4.78, 5) is 27.2. The maximum atomic E-state index is 12.0. The van der Waals surface area contributed by atoms with Gasteiger partial charge in [-0.05, 0) is 25.0 Å². The number of unbranched alkanes of at least 4 members (excludes halogenated alkanes) is 3. The average Bonchev–Trinajstić information content (AvgIpc) is 3.66. The zero-order valence-electron chi connectivity index (χ0n) is 25.5. The molecule has 3 aromatic heterocycles. The third-order valence-corrected chi connectivity index (χ3v) is 10.9. The number of thiophene rings is 1. The third-order valence-electron chi connectivity index (χ3n) is 8.47. The Bertz CT molecular complexity index is 1740. The summed E-state index contributed by atoms with van der Waals surface area (Å²) in [6, 6.07) is 8.32. The molecular formula is C30H40N8O5S2. The summed E-state index contributed by atoms with van der Waals surface area (Å²) in [5.41, 5.74) is 4.56. The molecule has 0 atom stereocenters. The second kappa shape index (κ2) is 14.1. The third kappa shape index (κ3) is 7.45. The average molecular weight is 657 g/mol. The molecule has 2 aliphatic heterocycles. The van der Waals surface area contributed by atoms with Crippen LogP contribution < -0.4 is 10.4 Å². The number of nitrogens with zero attached hydrogens (tertiary/aromatic N) is 7. The molecule has 5 heterocycles. The number of hydrogen-bond acceptors (Lipinski definition) is 11. The highest BCUT2D eigenvalue weighted by molar-refractivity contribution is 7.88. The fourth-order valence-electron chi connectivity index (χ4n) is 6.02. The van der Waals surface area contributed by atoms with Crippen LogP contribution in [-0.2, 0) is 32.6 Å². The monoisotopic (exact) mass is 656 g/mol. The van der Waals surface area contributed by atoms with E-state index in [9.17, 15) is 13.2 Å². The molecule has 242 valence electrons. The highest BCUT2D eigenvalue weighted by Crippen LogP contribution is 2.36. The number of benzene rings is 1. The Labute approximate surface area is 266 Å². The van der Waals surface area contributed by atoms with E-state index in [1.807, 2.05) is 16.9 Å². The molecule has 1 amide bonds. The van der Waals surface area contributed by atoms with E-state index >= 15 is 0 Å². The predicted molar refractivity (Wildman–Crippen MR) is 174 cm³/mol. The molecule has 1 aromatic carbocycles. The Morgan fingerprint density at radius 1 is 1.04 bits per heavy atom. The lowest BCUT2D eigenvalue weighted by Crippen LogP contribution is -2.47. The summed E-state index contributed by atoms with van der Waals surface area (Å²) in [5.74, 6) is 1.25. The minimum Gasteiger partial charge on any atom is -0.378 e. The highest BCUT2D eigenvalue weighted by Gasteiger charge is 2.25. The van der Waals surface area contributed by atoms with Crippen molar-refractivity contribution in [1.29, 1.82) is 0 Å². The number of aromatic nitrogens is 4. The molecule has 2 fully saturated rings. The zero-order valence-corrected chi connectivity index (χ0v) is 27.2. The summed E-state index contributed by atoms with van der Waals surface area (Å²) < 4.78 is 34.2. The fraction of sp³-hybridized carbons (Fsp3) is 0.533. The number of carbonyl (C=O) groups excluding carboxylic acids is 1. The van der Waals surface area contributed by atoms with Gasteiger partial charge in [-0.25, -0.2) is 23.9 Å². The van der Waals surface area contributed by atoms with Gasteiger partial charge in [0.05, 0.1) is 41.4 Å². The summed E-state index contributed by atoms with van der Waals surface area (Å²) in [7, 11) is -3.17. The van der Waals surface area contributed by atoms with Crippen molar-refractivity contribution in [3.8, 4) is 11.4 Å². The summed E-state index contributed by atoms with van der Waals surface area (Å²) in [5, 5.41) is 14.3. The van der Waals surface area contributed by atoms with E-state index in [4.69, 9.17) is 25.0 Å². The van der Waals surface area contributed by atoms with Crippen molar-refractivity contribution >= 4 is 54.2 Å². The molecule has 2 aliphatic rings. The van der Waals surface area contributed by atoms with Crippen molar-refractivity contribution in [2.75, 3.05) is 63.6 Å². The Morgan fingerprint density at radius 3 is 2.58 bits per heavy atom. The Kier molecular flexibility index (Phi) is 9.92. The number of fused-ring (bicyclic) bond motifs is 2. The minimum atomic E-state index is -3.17. The number of aryl methyl sites for hydroxylation is 1. The second-order valence-corrected chi connectivity index (χ2v) is 14.8. The number of piperazine rings is 1. The van der Waals surface area contributed by atoms with Crippen LogP contribution in [0.1, 0.15) is 37.0 Å². The van der Waals surface area contributed by atoms with Crippen LogP contribution in [0, 0.1) is 0 Å². The predicted octanol–water partition coefficient (Wildman–Crippen LogP) is 3.08. The molecule has 2 saturated heterocycles. The molecule has 6 rings (SSSR count). The normalized spacial score (nSPS) is 17.0. The number of amides is 1. The van der Waals surface area contributed by atoms with Gasteiger partial charge in [0.2, 0.25) is 15.9 Å². The van der Waals surface area contributed by atoms with Gasteiger partial charge in [0, 0.05) is 74.6 Å². The lowest BCUT2D eigenvalue weighted by Gasteiger charge is -2.32. The standard InChI is InChI=1S/C30H40N8O5S2/c1-45(41,42)37-13-11-35(12-14-37)21-22-19-25-28(44-22)30(36-15-17-43-18-16-36)33-29(32-25)23-7-6-8-26-24(23)20-31-38(26)10-5-3-2-4-9-27(39)34-40/h6-8,19-20,40H,2-5,9-18,21H2,1H3,(H,34,39). The first kappa shape index (κ1) is 31.8. The number of rotatable bonds is 12. The van der Waals surface area contributed by atoms with Crippen LogP contribution in [0.5, 0.6) is 0 Å². The summed E-state index contributed by atoms with van der Waals surface area (Å²) >= 11 is 1.71. The van der Waals surface area contributed by atoms with Crippen LogP contribution in [0.25, 0.3) is 32.5 Å². The number of morpholine rings is 1. The van der Waals surface area contributed by atoms with Gasteiger partial charge in [0.1, 0.15) is 0 Å². The van der Waals surface area contributed by atoms with E-state index in [0.29, 0.717) is 51.6 Å². The Balaban J connectivity index is 1.24. The number of carbonyl (C=O) groups is 1. The van der Waals surface area contributed by atoms with Crippen molar-refractivity contribution in [3.63, 3.8) is 0 Å². The molecule has 0 radical (unpaired) electrons. The van der Waals surface area contributed by atoms with Crippen molar-refractivity contribution in [2.45, 2.75) is 45.2 Å². The first-order valence-electron chi connectivity index (χ1n) is 15.5. The topological polar surface area (TPSA) is 146 Å². The fourth-order valence-corrected chi connectivity index (χ4v) is 8.01. The van der Waals surface area contributed by atoms with Gasteiger partial charge >= 0.3 is 0 Å². The van der Waals surface area contributed by atoms with E-state index in [2.05, 4.69) is 28.0 Å². The van der Waals surface area contributed by atoms with Crippen LogP contribution in [0.3, 0.4) is 0 Å². The van der Waals surface area contributed by atoms with E-state index < -0.39 is 10.0 Å². The quantitative estimate of drug-likeness (QED) is 0.133. The zero-order chi connectivity index (χ0) is 31.4.